The first kappa shape index (κ1) is 19.6. The number of alkyl carbamates (subject to hydrolysis) is 1. The normalized spacial score (nSPS) is 12.3. The van der Waals surface area contributed by atoms with Crippen molar-refractivity contribution in [3.63, 3.8) is 0 Å². The molecule has 1 aromatic heterocycles. The molecule has 2 aromatic carbocycles. The first-order valence-corrected chi connectivity index (χ1v) is 9.99. The average molecular weight is 403 g/mol. The number of benzene rings is 2. The molecule has 1 atom stereocenters. The minimum Gasteiger partial charge on any atom is -0.468 e. The molecule has 1 heterocycles. The molecule has 0 radical (unpaired) electrons. The molecule has 0 spiro atoms. The van der Waals surface area contributed by atoms with Gasteiger partial charge in [-0.25, -0.2) is 17.6 Å². The summed E-state index contributed by atoms with van der Waals surface area (Å²) < 4.78 is 49.4. The molecule has 0 aliphatic heterocycles. The van der Waals surface area contributed by atoms with Crippen LogP contribution in [0, 0.1) is 5.82 Å². The molecular formula is C20H18FNO5S. The van der Waals surface area contributed by atoms with Crippen LogP contribution in [0.5, 0.6) is 0 Å². The van der Waals surface area contributed by atoms with Gasteiger partial charge in [0.1, 0.15) is 23.4 Å². The van der Waals surface area contributed by atoms with Gasteiger partial charge in [0.2, 0.25) is 0 Å². The molecule has 3 aromatic rings. The zero-order valence-electron chi connectivity index (χ0n) is 14.7. The van der Waals surface area contributed by atoms with Crippen LogP contribution < -0.4 is 5.32 Å². The number of furan rings is 1. The third kappa shape index (κ3) is 4.77. The van der Waals surface area contributed by atoms with E-state index in [9.17, 15) is 17.6 Å². The smallest absolute Gasteiger partial charge is 0.407 e. The van der Waals surface area contributed by atoms with Gasteiger partial charge < -0.3 is 14.5 Å². The Morgan fingerprint density at radius 1 is 1.04 bits per heavy atom. The summed E-state index contributed by atoms with van der Waals surface area (Å²) >= 11 is 0. The number of sulfone groups is 1. The summed E-state index contributed by atoms with van der Waals surface area (Å²) in [6.07, 6.45) is 0.589. The van der Waals surface area contributed by atoms with Crippen LogP contribution in [-0.4, -0.2) is 21.1 Å². The highest BCUT2D eigenvalue weighted by Crippen LogP contribution is 2.29. The van der Waals surface area contributed by atoms with E-state index in [0.29, 0.717) is 0 Å². The van der Waals surface area contributed by atoms with Crippen molar-refractivity contribution in [1.82, 2.24) is 5.32 Å². The van der Waals surface area contributed by atoms with E-state index < -0.39 is 27.0 Å². The molecule has 0 saturated carbocycles. The highest BCUT2D eigenvalue weighted by molar-refractivity contribution is 7.91. The van der Waals surface area contributed by atoms with Crippen LogP contribution in [-0.2, 0) is 21.2 Å². The molecule has 146 valence electrons. The minimum absolute atomic E-state index is 0.0583. The predicted molar refractivity (Wildman–Crippen MR) is 99.7 cm³/mol. The van der Waals surface area contributed by atoms with E-state index in [4.69, 9.17) is 9.15 Å². The molecule has 6 nitrogen and oxygen atoms in total. The number of nitrogens with one attached hydrogen (secondary N) is 1. The topological polar surface area (TPSA) is 85.6 Å². The SMILES string of the molecule is O=C(NC[C@@H](c1ccco1)S(=O)(=O)c1ccc(F)cc1)OCc1ccccc1. The van der Waals surface area contributed by atoms with Crippen molar-refractivity contribution >= 4 is 15.9 Å². The predicted octanol–water partition coefficient (Wildman–Crippen LogP) is 3.86. The molecule has 0 aliphatic rings. The minimum atomic E-state index is -3.93. The number of hydrogen-bond donors (Lipinski definition) is 1. The fourth-order valence-electron chi connectivity index (χ4n) is 2.58. The molecule has 28 heavy (non-hydrogen) atoms. The molecule has 1 N–H and O–H groups in total. The van der Waals surface area contributed by atoms with Gasteiger partial charge in [0.05, 0.1) is 11.2 Å². The average Bonchev–Trinajstić information content (AvgIpc) is 3.22. The van der Waals surface area contributed by atoms with Crippen LogP contribution in [0.2, 0.25) is 0 Å². The van der Waals surface area contributed by atoms with Gasteiger partial charge in [-0.15, -0.1) is 0 Å². The van der Waals surface area contributed by atoms with Crippen LogP contribution in [0.15, 0.2) is 82.3 Å². The summed E-state index contributed by atoms with van der Waals surface area (Å²) in [5, 5.41) is 1.27. The number of carbonyl (C=O) groups is 1. The lowest BCUT2D eigenvalue weighted by atomic mass is 10.2. The second kappa shape index (κ2) is 8.71. The van der Waals surface area contributed by atoms with E-state index in [1.165, 1.54) is 24.5 Å². The third-order valence-corrected chi connectivity index (χ3v) is 6.10. The van der Waals surface area contributed by atoms with Crippen molar-refractivity contribution in [2.24, 2.45) is 0 Å². The Kier molecular flexibility index (Phi) is 6.10. The van der Waals surface area contributed by atoms with Gasteiger partial charge >= 0.3 is 6.09 Å². The largest absolute Gasteiger partial charge is 0.468 e. The van der Waals surface area contributed by atoms with E-state index in [-0.39, 0.29) is 23.8 Å². The summed E-state index contributed by atoms with van der Waals surface area (Å²) in [5.41, 5.74) is 0.805. The molecule has 0 fully saturated rings. The number of ether oxygens (including phenoxy) is 1. The number of carbonyl (C=O) groups excluding carboxylic acids is 1. The Hall–Kier alpha value is -3.13. The van der Waals surface area contributed by atoms with Gasteiger partial charge in [-0.2, -0.15) is 0 Å². The third-order valence-electron chi connectivity index (χ3n) is 4.02. The molecule has 1 amide bonds. The second-order valence-electron chi connectivity index (χ2n) is 5.95. The summed E-state index contributed by atoms with van der Waals surface area (Å²) in [6.45, 7) is -0.205. The Morgan fingerprint density at radius 2 is 1.75 bits per heavy atom. The Morgan fingerprint density at radius 3 is 2.39 bits per heavy atom. The summed E-state index contributed by atoms with van der Waals surface area (Å²) in [5.74, 6) is -0.385. The lowest BCUT2D eigenvalue weighted by Gasteiger charge is -2.16. The lowest BCUT2D eigenvalue weighted by Crippen LogP contribution is -2.32. The van der Waals surface area contributed by atoms with Crippen LogP contribution >= 0.6 is 0 Å². The van der Waals surface area contributed by atoms with Crippen LogP contribution in [0.4, 0.5) is 9.18 Å². The number of amides is 1. The number of rotatable bonds is 7. The Balaban J connectivity index is 1.71. The number of hydrogen-bond acceptors (Lipinski definition) is 5. The second-order valence-corrected chi connectivity index (χ2v) is 8.08. The quantitative estimate of drug-likeness (QED) is 0.606. The van der Waals surface area contributed by atoms with E-state index >= 15 is 0 Å². The van der Waals surface area contributed by atoms with Crippen molar-refractivity contribution in [1.29, 1.82) is 0 Å². The monoisotopic (exact) mass is 403 g/mol. The van der Waals surface area contributed by atoms with E-state index in [1.807, 2.05) is 18.2 Å². The van der Waals surface area contributed by atoms with E-state index in [0.717, 1.165) is 17.7 Å². The summed E-state index contributed by atoms with van der Waals surface area (Å²) in [6, 6.07) is 16.6. The highest BCUT2D eigenvalue weighted by atomic mass is 32.2. The zero-order valence-corrected chi connectivity index (χ0v) is 15.6. The van der Waals surface area contributed by atoms with Crippen molar-refractivity contribution < 1.29 is 26.8 Å². The van der Waals surface area contributed by atoms with E-state index in [1.54, 1.807) is 18.2 Å². The lowest BCUT2D eigenvalue weighted by molar-refractivity contribution is 0.139. The van der Waals surface area contributed by atoms with Crippen molar-refractivity contribution in [3.8, 4) is 0 Å². The van der Waals surface area contributed by atoms with Gasteiger partial charge in [0.25, 0.3) is 0 Å². The molecule has 8 heteroatoms. The van der Waals surface area contributed by atoms with Crippen LogP contribution in [0.1, 0.15) is 16.6 Å². The van der Waals surface area contributed by atoms with Crippen molar-refractivity contribution in [2.75, 3.05) is 6.54 Å². The maximum absolute atomic E-state index is 13.1. The first-order valence-electron chi connectivity index (χ1n) is 8.44. The van der Waals surface area contributed by atoms with Crippen LogP contribution in [0.25, 0.3) is 0 Å². The molecule has 0 bridgehead atoms. The standard InChI is InChI=1S/C20H18FNO5S/c21-16-8-10-17(11-9-16)28(24,25)19(18-7-4-12-26-18)13-22-20(23)27-14-15-5-2-1-3-6-15/h1-12,19H,13-14H2,(H,22,23)/t19-/m0/s1. The van der Waals surface area contributed by atoms with Crippen molar-refractivity contribution in [2.45, 2.75) is 16.8 Å². The van der Waals surface area contributed by atoms with Crippen LogP contribution in [0.3, 0.4) is 0 Å². The molecule has 0 saturated heterocycles. The maximum Gasteiger partial charge on any atom is 0.407 e. The fourth-order valence-corrected chi connectivity index (χ4v) is 4.16. The van der Waals surface area contributed by atoms with Gasteiger partial charge in [-0.3, -0.25) is 0 Å². The van der Waals surface area contributed by atoms with Gasteiger partial charge in [-0.1, -0.05) is 30.3 Å². The van der Waals surface area contributed by atoms with Gasteiger partial charge in [0, 0.05) is 6.54 Å². The Labute approximate surface area is 161 Å². The summed E-state index contributed by atoms with van der Waals surface area (Å²) in [4.78, 5) is 11.9. The molecule has 0 unspecified atom stereocenters. The number of halogens is 1. The fraction of sp³-hybridized carbons (Fsp3) is 0.150. The maximum atomic E-state index is 13.1. The van der Waals surface area contributed by atoms with Gasteiger partial charge in [0.15, 0.2) is 9.84 Å². The van der Waals surface area contributed by atoms with Gasteiger partial charge in [-0.05, 0) is 42.0 Å². The van der Waals surface area contributed by atoms with E-state index in [2.05, 4.69) is 5.32 Å². The Bertz CT molecular complexity index is 1000. The summed E-state index contributed by atoms with van der Waals surface area (Å²) in [7, 11) is -3.93. The molecule has 3 rings (SSSR count). The zero-order chi connectivity index (χ0) is 20.0. The first-order chi connectivity index (χ1) is 13.5. The molecular weight excluding hydrogens is 385 g/mol. The molecule has 0 aliphatic carbocycles. The highest BCUT2D eigenvalue weighted by Gasteiger charge is 2.32. The van der Waals surface area contributed by atoms with Crippen molar-refractivity contribution in [3.05, 3.63) is 90.1 Å².